The molecule has 0 spiro atoms. The second-order valence-corrected chi connectivity index (χ2v) is 4.29. The zero-order valence-electron chi connectivity index (χ0n) is 10.2. The number of phenols is 1. The average molecular weight is 249 g/mol. The van der Waals surface area contributed by atoms with Gasteiger partial charge in [0.05, 0.1) is 6.33 Å². The lowest BCUT2D eigenvalue weighted by Crippen LogP contribution is -2.29. The van der Waals surface area contributed by atoms with Crippen molar-refractivity contribution in [3.8, 4) is 5.75 Å². The van der Waals surface area contributed by atoms with Gasteiger partial charge >= 0.3 is 0 Å². The fraction of sp³-hybridized carbons (Fsp3) is 0.308. The highest BCUT2D eigenvalue weighted by Crippen LogP contribution is 2.20. The van der Waals surface area contributed by atoms with E-state index in [1.165, 1.54) is 6.07 Å². The number of nitrogens with one attached hydrogen (secondary N) is 1. The lowest BCUT2D eigenvalue weighted by atomic mass is 10.2. The van der Waals surface area contributed by atoms with Gasteiger partial charge in [-0.05, 0) is 13.0 Å². The van der Waals surface area contributed by atoms with Crippen molar-refractivity contribution < 1.29 is 9.50 Å². The number of rotatable bonds is 5. The molecule has 0 bridgehead atoms. The summed E-state index contributed by atoms with van der Waals surface area (Å²) in [5.41, 5.74) is 0.562. The Hall–Kier alpha value is -1.88. The molecular weight excluding hydrogens is 233 g/mol. The first-order chi connectivity index (χ1) is 8.66. The zero-order chi connectivity index (χ0) is 13.0. The van der Waals surface area contributed by atoms with E-state index in [1.807, 2.05) is 17.7 Å². The van der Waals surface area contributed by atoms with Gasteiger partial charge in [-0.1, -0.05) is 12.1 Å². The van der Waals surface area contributed by atoms with Crippen LogP contribution in [0.25, 0.3) is 0 Å². The van der Waals surface area contributed by atoms with Crippen molar-refractivity contribution in [2.24, 2.45) is 0 Å². The number of para-hydroxylation sites is 1. The van der Waals surface area contributed by atoms with Crippen molar-refractivity contribution in [3.05, 3.63) is 48.3 Å². The predicted octanol–water partition coefficient (Wildman–Crippen LogP) is 1.91. The smallest absolute Gasteiger partial charge is 0.165 e. The molecule has 1 heterocycles. The number of hydrogen-bond donors (Lipinski definition) is 2. The first-order valence-corrected chi connectivity index (χ1v) is 5.82. The molecule has 18 heavy (non-hydrogen) atoms. The number of benzene rings is 1. The monoisotopic (exact) mass is 249 g/mol. The molecule has 0 radical (unpaired) electrons. The third-order valence-electron chi connectivity index (χ3n) is 2.76. The molecule has 0 saturated carbocycles. The van der Waals surface area contributed by atoms with Crippen molar-refractivity contribution in [2.45, 2.75) is 26.1 Å². The number of nitrogens with zero attached hydrogens (tertiary/aromatic N) is 2. The summed E-state index contributed by atoms with van der Waals surface area (Å²) in [6, 6.07) is 4.73. The highest BCUT2D eigenvalue weighted by atomic mass is 19.1. The van der Waals surface area contributed by atoms with Gasteiger partial charge < -0.3 is 15.0 Å². The van der Waals surface area contributed by atoms with Crippen LogP contribution < -0.4 is 5.32 Å². The second-order valence-electron chi connectivity index (χ2n) is 4.29. The van der Waals surface area contributed by atoms with Crippen molar-refractivity contribution in [3.63, 3.8) is 0 Å². The molecule has 5 heteroatoms. The third-order valence-corrected chi connectivity index (χ3v) is 2.76. The molecule has 0 aliphatic carbocycles. The Labute approximate surface area is 105 Å². The Kier molecular flexibility index (Phi) is 3.94. The van der Waals surface area contributed by atoms with Crippen LogP contribution in [-0.2, 0) is 13.1 Å². The van der Waals surface area contributed by atoms with Crippen LogP contribution in [0.3, 0.4) is 0 Å². The van der Waals surface area contributed by atoms with Gasteiger partial charge in [0, 0.05) is 37.1 Å². The fourth-order valence-electron chi connectivity index (χ4n) is 1.76. The van der Waals surface area contributed by atoms with E-state index < -0.39 is 5.82 Å². The molecule has 1 aromatic carbocycles. The summed E-state index contributed by atoms with van der Waals surface area (Å²) in [5.74, 6) is -0.864. The third kappa shape index (κ3) is 3.07. The molecule has 0 saturated heterocycles. The average Bonchev–Trinajstić information content (AvgIpc) is 2.84. The Bertz CT molecular complexity index is 499. The summed E-state index contributed by atoms with van der Waals surface area (Å²) in [4.78, 5) is 3.96. The minimum atomic E-state index is -0.587. The van der Waals surface area contributed by atoms with Crippen LogP contribution in [0.15, 0.2) is 36.9 Å². The second kappa shape index (κ2) is 5.64. The molecule has 0 aliphatic heterocycles. The van der Waals surface area contributed by atoms with Crippen molar-refractivity contribution in [1.82, 2.24) is 14.9 Å². The minimum absolute atomic E-state index is 0.196. The van der Waals surface area contributed by atoms with Gasteiger partial charge in [-0.25, -0.2) is 9.37 Å². The van der Waals surface area contributed by atoms with Gasteiger partial charge in [0.2, 0.25) is 0 Å². The number of aromatic hydroxyl groups is 1. The largest absolute Gasteiger partial charge is 0.505 e. The van der Waals surface area contributed by atoms with E-state index in [0.717, 1.165) is 6.54 Å². The molecule has 2 N–H and O–H groups in total. The van der Waals surface area contributed by atoms with Gasteiger partial charge in [0.25, 0.3) is 0 Å². The maximum Gasteiger partial charge on any atom is 0.165 e. The number of imidazole rings is 1. The summed E-state index contributed by atoms with van der Waals surface area (Å²) in [7, 11) is 0. The van der Waals surface area contributed by atoms with Crippen LogP contribution in [0.4, 0.5) is 4.39 Å². The summed E-state index contributed by atoms with van der Waals surface area (Å²) < 4.78 is 15.1. The number of phenolic OH excluding ortho intramolecular Hbond substituents is 1. The van der Waals surface area contributed by atoms with Crippen molar-refractivity contribution in [1.29, 1.82) is 0 Å². The highest BCUT2D eigenvalue weighted by molar-refractivity contribution is 5.33. The van der Waals surface area contributed by atoms with E-state index in [4.69, 9.17) is 0 Å². The van der Waals surface area contributed by atoms with Crippen LogP contribution in [0, 0.1) is 5.82 Å². The predicted molar refractivity (Wildman–Crippen MR) is 66.6 cm³/mol. The maximum absolute atomic E-state index is 13.1. The summed E-state index contributed by atoms with van der Waals surface area (Å²) in [6.45, 7) is 3.23. The summed E-state index contributed by atoms with van der Waals surface area (Å²) >= 11 is 0. The van der Waals surface area contributed by atoms with Crippen LogP contribution in [0.2, 0.25) is 0 Å². The van der Waals surface area contributed by atoms with E-state index >= 15 is 0 Å². The van der Waals surface area contributed by atoms with Crippen LogP contribution in [0.1, 0.15) is 12.5 Å². The molecule has 0 fully saturated rings. The molecule has 4 nitrogen and oxygen atoms in total. The highest BCUT2D eigenvalue weighted by Gasteiger charge is 2.08. The number of aromatic nitrogens is 2. The lowest BCUT2D eigenvalue weighted by molar-refractivity contribution is 0.416. The molecule has 0 amide bonds. The summed E-state index contributed by atoms with van der Waals surface area (Å²) in [6.07, 6.45) is 5.36. The Morgan fingerprint density at radius 1 is 1.50 bits per heavy atom. The van der Waals surface area contributed by atoms with Gasteiger partial charge in [-0.2, -0.15) is 0 Å². The molecule has 2 aromatic rings. The van der Waals surface area contributed by atoms with Gasteiger partial charge in [-0.3, -0.25) is 0 Å². The molecular formula is C13H16FN3O. The van der Waals surface area contributed by atoms with E-state index in [2.05, 4.69) is 10.3 Å². The van der Waals surface area contributed by atoms with Crippen LogP contribution in [0.5, 0.6) is 5.75 Å². The number of hydrogen-bond acceptors (Lipinski definition) is 3. The minimum Gasteiger partial charge on any atom is -0.505 e. The quantitative estimate of drug-likeness (QED) is 0.851. The first-order valence-electron chi connectivity index (χ1n) is 5.82. The van der Waals surface area contributed by atoms with E-state index in [1.54, 1.807) is 24.7 Å². The Morgan fingerprint density at radius 2 is 2.33 bits per heavy atom. The van der Waals surface area contributed by atoms with Crippen molar-refractivity contribution in [2.75, 3.05) is 0 Å². The van der Waals surface area contributed by atoms with Gasteiger partial charge in [-0.15, -0.1) is 0 Å². The molecule has 1 aromatic heterocycles. The molecule has 1 atom stereocenters. The Balaban J connectivity index is 1.89. The molecule has 0 aliphatic rings. The molecule has 1 unspecified atom stereocenters. The summed E-state index contributed by atoms with van der Waals surface area (Å²) in [5, 5.41) is 12.8. The standard InChI is InChI=1S/C13H16FN3O/c1-10(8-17-6-5-15-9-17)16-7-11-3-2-4-12(14)13(11)18/h2-6,9-10,16,18H,7-8H2,1H3. The fourth-order valence-corrected chi connectivity index (χ4v) is 1.76. The van der Waals surface area contributed by atoms with Crippen LogP contribution in [-0.4, -0.2) is 20.7 Å². The lowest BCUT2D eigenvalue weighted by Gasteiger charge is -2.15. The van der Waals surface area contributed by atoms with E-state index in [-0.39, 0.29) is 11.8 Å². The molecule has 96 valence electrons. The van der Waals surface area contributed by atoms with Gasteiger partial charge in [0.15, 0.2) is 11.6 Å². The number of halogens is 1. The zero-order valence-corrected chi connectivity index (χ0v) is 10.2. The van der Waals surface area contributed by atoms with Crippen LogP contribution >= 0.6 is 0 Å². The van der Waals surface area contributed by atoms with Crippen molar-refractivity contribution >= 4 is 0 Å². The van der Waals surface area contributed by atoms with Gasteiger partial charge in [0.1, 0.15) is 0 Å². The van der Waals surface area contributed by atoms with E-state index in [0.29, 0.717) is 12.1 Å². The maximum atomic E-state index is 13.1. The van der Waals surface area contributed by atoms with E-state index in [9.17, 15) is 9.50 Å². The SMILES string of the molecule is CC(Cn1ccnc1)NCc1cccc(F)c1O. The first kappa shape index (κ1) is 12.6. The molecule has 2 rings (SSSR count). The Morgan fingerprint density at radius 3 is 3.06 bits per heavy atom. The normalized spacial score (nSPS) is 12.6. The topological polar surface area (TPSA) is 50.1 Å².